The Hall–Kier alpha value is -1.16. The maximum absolute atomic E-state index is 5.80. The van der Waals surface area contributed by atoms with Gasteiger partial charge in [-0.05, 0) is 31.1 Å². The highest BCUT2D eigenvalue weighted by Crippen LogP contribution is 2.35. The minimum absolute atomic E-state index is 0.124. The molecule has 0 aliphatic heterocycles. The number of aromatic nitrogens is 3. The molecule has 0 spiro atoms. The number of nitrogens with zero attached hydrogens (tertiary/aromatic N) is 3. The molecule has 0 fully saturated rings. The zero-order chi connectivity index (χ0) is 14.8. The quantitative estimate of drug-likeness (QED) is 0.763. The standard InChI is InChI=1S/C14H12Cl3N3/c1-9-5-3-4-6-11(9)7-8-12-18-10(2)19-13(20-12)14(15,16)17/h3-8H,1-2H3/b8-7+. The van der Waals surface area contributed by atoms with E-state index in [2.05, 4.69) is 15.0 Å². The Balaban J connectivity index is 2.35. The van der Waals surface area contributed by atoms with E-state index in [1.54, 1.807) is 13.0 Å². The van der Waals surface area contributed by atoms with Gasteiger partial charge in [0.2, 0.25) is 3.79 Å². The summed E-state index contributed by atoms with van der Waals surface area (Å²) in [7, 11) is 0. The van der Waals surface area contributed by atoms with Crippen LogP contribution in [0.4, 0.5) is 0 Å². The summed E-state index contributed by atoms with van der Waals surface area (Å²) in [6.45, 7) is 3.76. The first-order chi connectivity index (χ1) is 9.36. The van der Waals surface area contributed by atoms with Crippen molar-refractivity contribution in [1.82, 2.24) is 15.0 Å². The highest BCUT2D eigenvalue weighted by atomic mass is 35.6. The lowest BCUT2D eigenvalue weighted by molar-refractivity contribution is 0.867. The number of rotatable bonds is 2. The van der Waals surface area contributed by atoms with Gasteiger partial charge in [0.1, 0.15) is 5.82 Å². The van der Waals surface area contributed by atoms with Crippen molar-refractivity contribution in [1.29, 1.82) is 0 Å². The molecule has 0 atom stereocenters. The van der Waals surface area contributed by atoms with Gasteiger partial charge in [0, 0.05) is 0 Å². The second kappa shape index (κ2) is 6.08. The Labute approximate surface area is 132 Å². The minimum atomic E-state index is -1.65. The van der Waals surface area contributed by atoms with E-state index in [9.17, 15) is 0 Å². The Morgan fingerprint density at radius 2 is 1.65 bits per heavy atom. The smallest absolute Gasteiger partial charge is 0.214 e. The van der Waals surface area contributed by atoms with Crippen LogP contribution in [0.3, 0.4) is 0 Å². The molecule has 0 radical (unpaired) electrons. The van der Waals surface area contributed by atoms with Crippen molar-refractivity contribution < 1.29 is 0 Å². The molecular formula is C14H12Cl3N3. The number of aryl methyl sites for hydroxylation is 2. The third-order valence-corrected chi connectivity index (χ3v) is 3.13. The molecule has 1 aromatic heterocycles. The van der Waals surface area contributed by atoms with Crippen LogP contribution in [0.25, 0.3) is 12.2 Å². The molecule has 1 aromatic carbocycles. The third kappa shape index (κ3) is 3.92. The zero-order valence-corrected chi connectivity index (χ0v) is 13.2. The van der Waals surface area contributed by atoms with Crippen LogP contribution in [-0.4, -0.2) is 15.0 Å². The van der Waals surface area contributed by atoms with Gasteiger partial charge in [-0.3, -0.25) is 0 Å². The van der Waals surface area contributed by atoms with Crippen molar-refractivity contribution in [2.24, 2.45) is 0 Å². The van der Waals surface area contributed by atoms with Gasteiger partial charge in [-0.15, -0.1) is 0 Å². The first kappa shape index (κ1) is 15.2. The molecule has 3 nitrogen and oxygen atoms in total. The molecule has 1 heterocycles. The van der Waals surface area contributed by atoms with Crippen LogP contribution < -0.4 is 0 Å². The molecule has 0 saturated carbocycles. The van der Waals surface area contributed by atoms with Crippen molar-refractivity contribution in [3.63, 3.8) is 0 Å². The SMILES string of the molecule is Cc1nc(/C=C/c2ccccc2C)nc(C(Cl)(Cl)Cl)n1. The van der Waals surface area contributed by atoms with E-state index >= 15 is 0 Å². The van der Waals surface area contributed by atoms with Crippen LogP contribution >= 0.6 is 34.8 Å². The topological polar surface area (TPSA) is 38.7 Å². The molecule has 104 valence electrons. The van der Waals surface area contributed by atoms with E-state index in [4.69, 9.17) is 34.8 Å². The van der Waals surface area contributed by atoms with Crippen LogP contribution in [0, 0.1) is 13.8 Å². The number of hydrogen-bond acceptors (Lipinski definition) is 3. The summed E-state index contributed by atoms with van der Waals surface area (Å²) in [5.74, 6) is 1.09. The predicted octanol–water partition coefficient (Wildman–Crippen LogP) is 4.49. The molecular weight excluding hydrogens is 317 g/mol. The van der Waals surface area contributed by atoms with Gasteiger partial charge in [-0.2, -0.15) is 0 Å². The summed E-state index contributed by atoms with van der Waals surface area (Å²) in [6, 6.07) is 8.00. The molecule has 2 aromatic rings. The normalized spacial score (nSPS) is 12.1. The van der Waals surface area contributed by atoms with Crippen molar-refractivity contribution in [3.05, 3.63) is 52.9 Å². The van der Waals surface area contributed by atoms with Crippen molar-refractivity contribution in [2.45, 2.75) is 17.6 Å². The van der Waals surface area contributed by atoms with E-state index in [0.29, 0.717) is 11.6 Å². The van der Waals surface area contributed by atoms with E-state index in [1.807, 2.05) is 37.3 Å². The lowest BCUT2D eigenvalue weighted by Crippen LogP contribution is -2.11. The summed E-state index contributed by atoms with van der Waals surface area (Å²) < 4.78 is -1.65. The van der Waals surface area contributed by atoms with E-state index in [0.717, 1.165) is 11.1 Å². The number of hydrogen-bond donors (Lipinski definition) is 0. The van der Waals surface area contributed by atoms with Gasteiger partial charge in [0.25, 0.3) is 0 Å². The molecule has 20 heavy (non-hydrogen) atoms. The molecule has 0 saturated heterocycles. The van der Waals surface area contributed by atoms with Gasteiger partial charge in [0.15, 0.2) is 11.6 Å². The van der Waals surface area contributed by atoms with Crippen LogP contribution in [-0.2, 0) is 3.79 Å². The van der Waals surface area contributed by atoms with Gasteiger partial charge in [-0.1, -0.05) is 65.1 Å². The Bertz CT molecular complexity index is 648. The lowest BCUT2D eigenvalue weighted by Gasteiger charge is -2.09. The van der Waals surface area contributed by atoms with Crippen molar-refractivity contribution >= 4 is 47.0 Å². The number of halogens is 3. The van der Waals surface area contributed by atoms with Crippen LogP contribution in [0.2, 0.25) is 0 Å². The van der Waals surface area contributed by atoms with Crippen molar-refractivity contribution in [3.8, 4) is 0 Å². The van der Waals surface area contributed by atoms with E-state index < -0.39 is 3.79 Å². The largest absolute Gasteiger partial charge is 0.250 e. The monoisotopic (exact) mass is 327 g/mol. The summed E-state index contributed by atoms with van der Waals surface area (Å²) in [5.41, 5.74) is 2.25. The van der Waals surface area contributed by atoms with Gasteiger partial charge in [0.05, 0.1) is 0 Å². The average Bonchev–Trinajstić information content (AvgIpc) is 2.36. The third-order valence-electron chi connectivity index (χ3n) is 2.62. The second-order valence-electron chi connectivity index (χ2n) is 4.25. The van der Waals surface area contributed by atoms with Gasteiger partial charge < -0.3 is 0 Å². The highest BCUT2D eigenvalue weighted by molar-refractivity contribution is 6.66. The van der Waals surface area contributed by atoms with Crippen LogP contribution in [0.15, 0.2) is 24.3 Å². The van der Waals surface area contributed by atoms with Gasteiger partial charge >= 0.3 is 0 Å². The summed E-state index contributed by atoms with van der Waals surface area (Å²) in [5, 5.41) is 0. The van der Waals surface area contributed by atoms with Crippen LogP contribution in [0.5, 0.6) is 0 Å². The molecule has 0 aliphatic rings. The molecule has 6 heteroatoms. The second-order valence-corrected chi connectivity index (χ2v) is 6.53. The number of alkyl halides is 3. The molecule has 0 bridgehead atoms. The Kier molecular flexibility index (Phi) is 4.63. The first-order valence-corrected chi connectivity index (χ1v) is 7.03. The number of benzene rings is 1. The molecule has 0 unspecified atom stereocenters. The summed E-state index contributed by atoms with van der Waals surface area (Å²) >= 11 is 17.4. The fraction of sp³-hybridized carbons (Fsp3) is 0.214. The predicted molar refractivity (Wildman–Crippen MR) is 83.9 cm³/mol. The summed E-state index contributed by atoms with van der Waals surface area (Å²) in [6.07, 6.45) is 3.70. The van der Waals surface area contributed by atoms with Gasteiger partial charge in [-0.25, -0.2) is 15.0 Å². The maximum atomic E-state index is 5.80. The fourth-order valence-corrected chi connectivity index (χ4v) is 1.90. The molecule has 0 amide bonds. The maximum Gasteiger partial charge on any atom is 0.250 e. The molecule has 0 aliphatic carbocycles. The van der Waals surface area contributed by atoms with Crippen LogP contribution in [0.1, 0.15) is 28.6 Å². The van der Waals surface area contributed by atoms with E-state index in [-0.39, 0.29) is 5.82 Å². The lowest BCUT2D eigenvalue weighted by atomic mass is 10.1. The highest BCUT2D eigenvalue weighted by Gasteiger charge is 2.27. The molecule has 2 rings (SSSR count). The fourth-order valence-electron chi connectivity index (χ4n) is 1.64. The van der Waals surface area contributed by atoms with Crippen molar-refractivity contribution in [2.75, 3.05) is 0 Å². The Morgan fingerprint density at radius 3 is 2.30 bits per heavy atom. The summed E-state index contributed by atoms with van der Waals surface area (Å²) in [4.78, 5) is 12.4. The Morgan fingerprint density at radius 1 is 0.950 bits per heavy atom. The zero-order valence-electron chi connectivity index (χ0n) is 10.9. The minimum Gasteiger partial charge on any atom is -0.214 e. The van der Waals surface area contributed by atoms with E-state index in [1.165, 1.54) is 0 Å². The average molecular weight is 329 g/mol. The first-order valence-electron chi connectivity index (χ1n) is 5.90. The molecule has 0 N–H and O–H groups in total.